The zero-order chi connectivity index (χ0) is 20.7. The number of nitrogens with one attached hydrogen (secondary N) is 2. The lowest BCUT2D eigenvalue weighted by Gasteiger charge is -2.30. The van der Waals surface area contributed by atoms with Gasteiger partial charge in [-0.15, -0.1) is 24.0 Å². The summed E-state index contributed by atoms with van der Waals surface area (Å²) in [6.07, 6.45) is 4.61. The number of aliphatic imine (C=N–C) groups is 1. The second-order valence-corrected chi connectivity index (χ2v) is 9.17. The monoisotopic (exact) mass is 547 g/mol. The SMILES string of the molecule is CCNC(=NCc1coc(-c2ccccc2)n1)NCC1CCN(S(C)(=O)=O)CC1.I. The van der Waals surface area contributed by atoms with Gasteiger partial charge in [0.2, 0.25) is 15.9 Å². The van der Waals surface area contributed by atoms with Gasteiger partial charge in [0.15, 0.2) is 5.96 Å². The molecule has 0 radical (unpaired) electrons. The van der Waals surface area contributed by atoms with Crippen LogP contribution in [0.5, 0.6) is 0 Å². The molecule has 1 aromatic heterocycles. The summed E-state index contributed by atoms with van der Waals surface area (Å²) in [4.78, 5) is 9.10. The summed E-state index contributed by atoms with van der Waals surface area (Å²) in [5, 5.41) is 6.60. The Labute approximate surface area is 195 Å². The lowest BCUT2D eigenvalue weighted by Crippen LogP contribution is -2.44. The summed E-state index contributed by atoms with van der Waals surface area (Å²) in [5.74, 6) is 1.74. The normalized spacial score (nSPS) is 16.1. The van der Waals surface area contributed by atoms with Gasteiger partial charge in [-0.25, -0.2) is 22.7 Å². The Morgan fingerprint density at radius 1 is 1.23 bits per heavy atom. The van der Waals surface area contributed by atoms with Crippen molar-refractivity contribution in [1.82, 2.24) is 19.9 Å². The lowest BCUT2D eigenvalue weighted by molar-refractivity contribution is 0.275. The van der Waals surface area contributed by atoms with E-state index in [-0.39, 0.29) is 24.0 Å². The van der Waals surface area contributed by atoms with E-state index >= 15 is 0 Å². The van der Waals surface area contributed by atoms with Gasteiger partial charge < -0.3 is 15.1 Å². The van der Waals surface area contributed by atoms with Crippen LogP contribution in [0, 0.1) is 5.92 Å². The molecule has 2 N–H and O–H groups in total. The molecular formula is C20H30IN5O3S. The van der Waals surface area contributed by atoms with Gasteiger partial charge in [-0.05, 0) is 37.8 Å². The largest absolute Gasteiger partial charge is 0.444 e. The Bertz CT molecular complexity index is 910. The highest BCUT2D eigenvalue weighted by Gasteiger charge is 2.24. The average Bonchev–Trinajstić information content (AvgIpc) is 3.19. The van der Waals surface area contributed by atoms with Crippen LogP contribution in [0.1, 0.15) is 25.5 Å². The highest BCUT2D eigenvalue weighted by atomic mass is 127. The van der Waals surface area contributed by atoms with E-state index in [1.165, 1.54) is 6.26 Å². The molecule has 10 heteroatoms. The highest BCUT2D eigenvalue weighted by Crippen LogP contribution is 2.19. The van der Waals surface area contributed by atoms with Crippen LogP contribution in [-0.4, -0.2) is 56.1 Å². The molecule has 1 aliphatic heterocycles. The molecule has 0 aliphatic carbocycles. The molecule has 0 atom stereocenters. The van der Waals surface area contributed by atoms with Crippen molar-refractivity contribution < 1.29 is 12.8 Å². The summed E-state index contributed by atoms with van der Waals surface area (Å²) in [5.41, 5.74) is 1.70. The molecule has 3 rings (SSSR count). The first kappa shape index (κ1) is 24.6. The van der Waals surface area contributed by atoms with Gasteiger partial charge in [0.05, 0.1) is 12.8 Å². The van der Waals surface area contributed by atoms with Gasteiger partial charge in [-0.3, -0.25) is 0 Å². The molecule has 0 amide bonds. The number of rotatable bonds is 7. The van der Waals surface area contributed by atoms with E-state index in [9.17, 15) is 8.42 Å². The quantitative estimate of drug-likeness (QED) is 0.314. The Hall–Kier alpha value is -1.66. The first-order chi connectivity index (χ1) is 14.0. The van der Waals surface area contributed by atoms with Gasteiger partial charge in [0.25, 0.3) is 0 Å². The predicted molar refractivity (Wildman–Crippen MR) is 129 cm³/mol. The maximum atomic E-state index is 11.6. The number of hydrogen-bond donors (Lipinski definition) is 2. The zero-order valence-electron chi connectivity index (χ0n) is 17.4. The van der Waals surface area contributed by atoms with Crippen LogP contribution in [0.15, 0.2) is 46.0 Å². The van der Waals surface area contributed by atoms with Crippen molar-refractivity contribution in [2.24, 2.45) is 10.9 Å². The van der Waals surface area contributed by atoms with Gasteiger partial charge in [0.1, 0.15) is 12.0 Å². The summed E-state index contributed by atoms with van der Waals surface area (Å²) < 4.78 is 30.4. The fourth-order valence-corrected chi connectivity index (χ4v) is 4.15. The number of piperidine rings is 1. The van der Waals surface area contributed by atoms with Crippen LogP contribution in [-0.2, 0) is 16.6 Å². The molecule has 2 aromatic rings. The summed E-state index contributed by atoms with van der Waals surface area (Å²) in [6, 6.07) is 9.77. The average molecular weight is 547 g/mol. The van der Waals surface area contributed by atoms with Crippen LogP contribution in [0.3, 0.4) is 0 Å². The van der Waals surface area contributed by atoms with Crippen molar-refractivity contribution >= 4 is 40.0 Å². The molecule has 0 spiro atoms. The minimum absolute atomic E-state index is 0. The zero-order valence-corrected chi connectivity index (χ0v) is 20.5. The fourth-order valence-electron chi connectivity index (χ4n) is 3.28. The third kappa shape index (κ3) is 7.24. The van der Waals surface area contributed by atoms with Gasteiger partial charge in [0, 0.05) is 31.7 Å². The van der Waals surface area contributed by atoms with Gasteiger partial charge in [-0.1, -0.05) is 18.2 Å². The topological polar surface area (TPSA) is 99.8 Å². The van der Waals surface area contributed by atoms with E-state index in [1.807, 2.05) is 37.3 Å². The maximum Gasteiger partial charge on any atom is 0.226 e. The molecule has 1 aromatic carbocycles. The highest BCUT2D eigenvalue weighted by molar-refractivity contribution is 14.0. The van der Waals surface area contributed by atoms with E-state index in [2.05, 4.69) is 20.6 Å². The molecule has 30 heavy (non-hydrogen) atoms. The first-order valence-electron chi connectivity index (χ1n) is 9.93. The Morgan fingerprint density at radius 3 is 2.57 bits per heavy atom. The molecule has 2 heterocycles. The maximum absolute atomic E-state index is 11.6. The van der Waals surface area contributed by atoms with E-state index in [0.29, 0.717) is 31.4 Å². The third-order valence-corrected chi connectivity index (χ3v) is 6.22. The van der Waals surface area contributed by atoms with Crippen LogP contribution >= 0.6 is 24.0 Å². The van der Waals surface area contributed by atoms with Crippen LogP contribution in [0.4, 0.5) is 0 Å². The summed E-state index contributed by atoms with van der Waals surface area (Å²) in [6.45, 7) is 5.12. The summed E-state index contributed by atoms with van der Waals surface area (Å²) >= 11 is 0. The molecule has 1 aliphatic rings. The van der Waals surface area contributed by atoms with Crippen LogP contribution < -0.4 is 10.6 Å². The number of aromatic nitrogens is 1. The van der Waals surface area contributed by atoms with E-state index in [1.54, 1.807) is 10.6 Å². The van der Waals surface area contributed by atoms with Crippen LogP contribution in [0.25, 0.3) is 11.5 Å². The second kappa shape index (κ2) is 11.7. The lowest BCUT2D eigenvalue weighted by atomic mass is 9.98. The predicted octanol–water partition coefficient (Wildman–Crippen LogP) is 2.69. The van der Waals surface area contributed by atoms with Crippen molar-refractivity contribution in [2.75, 3.05) is 32.4 Å². The fraction of sp³-hybridized carbons (Fsp3) is 0.500. The molecule has 0 saturated carbocycles. The Kier molecular flexibility index (Phi) is 9.56. The van der Waals surface area contributed by atoms with E-state index < -0.39 is 10.0 Å². The van der Waals surface area contributed by atoms with Gasteiger partial charge in [-0.2, -0.15) is 0 Å². The molecule has 1 saturated heterocycles. The van der Waals surface area contributed by atoms with Crippen molar-refractivity contribution in [1.29, 1.82) is 0 Å². The minimum atomic E-state index is -3.09. The number of oxazole rings is 1. The number of benzene rings is 1. The van der Waals surface area contributed by atoms with Crippen molar-refractivity contribution in [3.8, 4) is 11.5 Å². The molecule has 1 fully saturated rings. The second-order valence-electron chi connectivity index (χ2n) is 7.19. The molecular weight excluding hydrogens is 517 g/mol. The molecule has 8 nitrogen and oxygen atoms in total. The van der Waals surface area contributed by atoms with Crippen LogP contribution in [0.2, 0.25) is 0 Å². The van der Waals surface area contributed by atoms with Crippen molar-refractivity contribution in [3.05, 3.63) is 42.3 Å². The molecule has 0 bridgehead atoms. The van der Waals surface area contributed by atoms with E-state index in [4.69, 9.17) is 4.42 Å². The summed E-state index contributed by atoms with van der Waals surface area (Å²) in [7, 11) is -3.09. The standard InChI is InChI=1S/C20H29N5O3S.HI/c1-3-21-20(22-13-16-9-11-25(12-10-16)29(2,26)27)23-14-18-15-28-19(24-18)17-7-5-4-6-8-17;/h4-8,15-16H,3,9-14H2,1-2H3,(H2,21,22,23);1H. The number of sulfonamides is 1. The Balaban J connectivity index is 0.00000320. The van der Waals surface area contributed by atoms with Crippen molar-refractivity contribution in [3.63, 3.8) is 0 Å². The molecule has 0 unspecified atom stereocenters. The number of guanidine groups is 1. The van der Waals surface area contributed by atoms with E-state index in [0.717, 1.165) is 43.1 Å². The minimum Gasteiger partial charge on any atom is -0.444 e. The molecule has 166 valence electrons. The third-order valence-electron chi connectivity index (χ3n) is 4.92. The number of halogens is 1. The first-order valence-corrected chi connectivity index (χ1v) is 11.8. The number of nitrogens with zero attached hydrogens (tertiary/aromatic N) is 3. The van der Waals surface area contributed by atoms with Gasteiger partial charge >= 0.3 is 0 Å². The number of hydrogen-bond acceptors (Lipinski definition) is 5. The smallest absolute Gasteiger partial charge is 0.226 e. The van der Waals surface area contributed by atoms with Crippen molar-refractivity contribution in [2.45, 2.75) is 26.3 Å². The Morgan fingerprint density at radius 2 is 1.93 bits per heavy atom.